The van der Waals surface area contributed by atoms with Crippen LogP contribution in [-0.2, 0) is 6.54 Å². The summed E-state index contributed by atoms with van der Waals surface area (Å²) in [6, 6.07) is 12.1. The Bertz CT molecular complexity index is 995. The largest absolute Gasteiger partial charge is 0.497 e. The van der Waals surface area contributed by atoms with E-state index in [1.54, 1.807) is 7.11 Å². The third-order valence-corrected chi connectivity index (χ3v) is 7.31. The number of pyridine rings is 1. The van der Waals surface area contributed by atoms with E-state index in [0.717, 1.165) is 62.6 Å². The second kappa shape index (κ2) is 9.51. The van der Waals surface area contributed by atoms with Gasteiger partial charge < -0.3 is 4.74 Å². The van der Waals surface area contributed by atoms with E-state index in [4.69, 9.17) is 9.73 Å². The van der Waals surface area contributed by atoms with E-state index in [0.29, 0.717) is 6.04 Å². The number of carbonyl (C=O) groups is 1. The molecule has 3 fully saturated rings. The first kappa shape index (κ1) is 21.9. The fraction of sp³-hybridized carbons (Fsp3) is 0.500. The maximum Gasteiger partial charge on any atom is 0.328 e. The highest BCUT2D eigenvalue weighted by atomic mass is 16.5. The Balaban J connectivity index is 1.44. The molecular formula is C26H33N5O2. The zero-order valence-electron chi connectivity index (χ0n) is 19.4. The Morgan fingerprint density at radius 1 is 1.15 bits per heavy atom. The monoisotopic (exact) mass is 447 g/mol. The molecule has 1 spiro atoms. The predicted octanol–water partition coefficient (Wildman–Crippen LogP) is 4.39. The van der Waals surface area contributed by atoms with Gasteiger partial charge in [0.2, 0.25) is 0 Å². The Labute approximate surface area is 195 Å². The normalized spacial score (nSPS) is 22.6. The van der Waals surface area contributed by atoms with Crippen LogP contribution in [0.2, 0.25) is 0 Å². The maximum atomic E-state index is 13.3. The summed E-state index contributed by atoms with van der Waals surface area (Å²) in [5.74, 6) is 1.62. The molecule has 2 saturated heterocycles. The van der Waals surface area contributed by atoms with Gasteiger partial charge in [0.05, 0.1) is 18.8 Å². The lowest BCUT2D eigenvalue weighted by molar-refractivity contribution is 0.184. The van der Waals surface area contributed by atoms with E-state index >= 15 is 0 Å². The molecule has 7 nitrogen and oxygen atoms in total. The average Bonchev–Trinajstić information content (AvgIpc) is 3.12. The Hall–Kier alpha value is -2.93. The van der Waals surface area contributed by atoms with Crippen molar-refractivity contribution in [3.8, 4) is 5.75 Å². The summed E-state index contributed by atoms with van der Waals surface area (Å²) in [6.07, 6.45) is 11.4. The number of benzene rings is 1. The lowest BCUT2D eigenvalue weighted by atomic mass is 9.84. The quantitative estimate of drug-likeness (QED) is 0.738. The number of nitrogens with zero attached hydrogens (tertiary/aromatic N) is 4. The van der Waals surface area contributed by atoms with Crippen LogP contribution in [0.25, 0.3) is 0 Å². The molecule has 3 heterocycles. The molecule has 1 aromatic heterocycles. The van der Waals surface area contributed by atoms with Gasteiger partial charge in [-0.2, -0.15) is 0 Å². The molecule has 0 bridgehead atoms. The Kier molecular flexibility index (Phi) is 6.31. The Morgan fingerprint density at radius 2 is 1.97 bits per heavy atom. The number of carbonyl (C=O) groups excluding carboxylic acids is 1. The molecule has 2 aliphatic heterocycles. The van der Waals surface area contributed by atoms with Crippen LogP contribution in [0, 0.1) is 0 Å². The number of hydrogen-bond donors (Lipinski definition) is 1. The molecule has 5 rings (SSSR count). The minimum atomic E-state index is -0.438. The van der Waals surface area contributed by atoms with Gasteiger partial charge in [0.1, 0.15) is 17.1 Å². The fourth-order valence-electron chi connectivity index (χ4n) is 5.52. The van der Waals surface area contributed by atoms with Crippen LogP contribution in [-0.4, -0.2) is 53.5 Å². The third kappa shape index (κ3) is 4.47. The summed E-state index contributed by atoms with van der Waals surface area (Å²) >= 11 is 0. The summed E-state index contributed by atoms with van der Waals surface area (Å²) in [4.78, 5) is 27.2. The molecule has 3 aliphatic rings. The van der Waals surface area contributed by atoms with Crippen LogP contribution >= 0.6 is 0 Å². The smallest absolute Gasteiger partial charge is 0.328 e. The van der Waals surface area contributed by atoms with Crippen molar-refractivity contribution in [2.75, 3.05) is 25.1 Å². The number of aromatic nitrogens is 1. The third-order valence-electron chi connectivity index (χ3n) is 7.31. The number of amides is 2. The lowest BCUT2D eigenvalue weighted by Crippen LogP contribution is -2.57. The number of anilines is 1. The lowest BCUT2D eigenvalue weighted by Gasteiger charge is -2.44. The standard InChI is InChI=1S/C26H33N5O2/c1-33-23-11-5-10-22(17-23)31-25(32)29-24(28-21-8-3-2-4-9-21)26(31)12-15-30(16-13-26)19-20-7-6-14-27-18-20/h5-7,10-11,14,17-18,21H,2-4,8-9,12-13,15-16,19H2,1H3,(H,28,29,32). The van der Waals surface area contributed by atoms with Gasteiger partial charge in [-0.25, -0.2) is 4.79 Å². The maximum absolute atomic E-state index is 13.3. The van der Waals surface area contributed by atoms with Gasteiger partial charge in [-0.3, -0.25) is 25.1 Å². The molecule has 1 aliphatic carbocycles. The van der Waals surface area contributed by atoms with E-state index < -0.39 is 5.54 Å². The first-order chi connectivity index (χ1) is 16.2. The fourth-order valence-corrected chi connectivity index (χ4v) is 5.52. The molecule has 0 radical (unpaired) electrons. The van der Waals surface area contributed by atoms with Crippen LogP contribution in [0.1, 0.15) is 50.5 Å². The van der Waals surface area contributed by atoms with E-state index in [1.165, 1.54) is 24.8 Å². The van der Waals surface area contributed by atoms with Gasteiger partial charge in [-0.05, 0) is 49.4 Å². The highest BCUT2D eigenvalue weighted by Gasteiger charge is 2.53. The molecule has 1 aromatic carbocycles. The SMILES string of the molecule is COc1cccc(N2C(=O)NC(=NC3CCCCC3)C23CCN(Cc2cccnc2)CC3)c1. The van der Waals surface area contributed by atoms with Crippen molar-refractivity contribution in [1.82, 2.24) is 15.2 Å². The van der Waals surface area contributed by atoms with E-state index in [2.05, 4.69) is 21.3 Å². The highest BCUT2D eigenvalue weighted by molar-refractivity contribution is 6.19. The van der Waals surface area contributed by atoms with Crippen molar-refractivity contribution in [2.24, 2.45) is 4.99 Å². The summed E-state index contributed by atoms with van der Waals surface area (Å²) in [5.41, 5.74) is 1.64. The minimum absolute atomic E-state index is 0.0847. The zero-order chi connectivity index (χ0) is 22.7. The first-order valence-corrected chi connectivity index (χ1v) is 12.1. The van der Waals surface area contributed by atoms with Gasteiger partial charge in [-0.15, -0.1) is 0 Å². The van der Waals surface area contributed by atoms with Gasteiger partial charge in [-0.1, -0.05) is 31.4 Å². The average molecular weight is 448 g/mol. The number of nitrogens with one attached hydrogen (secondary N) is 1. The number of amidine groups is 1. The van der Waals surface area contributed by atoms with E-state index in [-0.39, 0.29) is 6.03 Å². The van der Waals surface area contributed by atoms with Gasteiger partial charge in [0.15, 0.2) is 0 Å². The molecule has 7 heteroatoms. The molecule has 1 saturated carbocycles. The summed E-state index contributed by atoms with van der Waals surface area (Å²) in [5, 5.41) is 3.18. The molecule has 0 unspecified atom stereocenters. The molecular weight excluding hydrogens is 414 g/mol. The predicted molar refractivity (Wildman–Crippen MR) is 130 cm³/mol. The van der Waals surface area contributed by atoms with Gasteiger partial charge in [0.25, 0.3) is 0 Å². The van der Waals surface area contributed by atoms with Crippen molar-refractivity contribution < 1.29 is 9.53 Å². The van der Waals surface area contributed by atoms with Gasteiger partial charge >= 0.3 is 6.03 Å². The second-order valence-electron chi connectivity index (χ2n) is 9.41. The van der Waals surface area contributed by atoms with Crippen molar-refractivity contribution in [2.45, 2.75) is 63.1 Å². The van der Waals surface area contributed by atoms with Crippen LogP contribution in [0.15, 0.2) is 53.8 Å². The van der Waals surface area contributed by atoms with Crippen molar-refractivity contribution in [1.29, 1.82) is 0 Å². The molecule has 0 atom stereocenters. The second-order valence-corrected chi connectivity index (χ2v) is 9.41. The summed E-state index contributed by atoms with van der Waals surface area (Å²) in [7, 11) is 1.66. The number of methoxy groups -OCH3 is 1. The highest BCUT2D eigenvalue weighted by Crippen LogP contribution is 2.39. The number of likely N-dealkylation sites (tertiary alicyclic amines) is 1. The van der Waals surface area contributed by atoms with Crippen molar-refractivity contribution >= 4 is 17.6 Å². The van der Waals surface area contributed by atoms with Crippen LogP contribution < -0.4 is 15.0 Å². The van der Waals surface area contributed by atoms with Crippen LogP contribution in [0.3, 0.4) is 0 Å². The van der Waals surface area contributed by atoms with Crippen molar-refractivity contribution in [3.05, 3.63) is 54.4 Å². The van der Waals surface area contributed by atoms with Crippen LogP contribution in [0.4, 0.5) is 10.5 Å². The molecule has 2 aromatic rings. The summed E-state index contributed by atoms with van der Waals surface area (Å²) in [6.45, 7) is 2.67. The first-order valence-electron chi connectivity index (χ1n) is 12.1. The molecule has 174 valence electrons. The number of urea groups is 1. The summed E-state index contributed by atoms with van der Waals surface area (Å²) < 4.78 is 5.45. The molecule has 33 heavy (non-hydrogen) atoms. The van der Waals surface area contributed by atoms with E-state index in [9.17, 15) is 4.79 Å². The van der Waals surface area contributed by atoms with Crippen molar-refractivity contribution in [3.63, 3.8) is 0 Å². The topological polar surface area (TPSA) is 70.1 Å². The van der Waals surface area contributed by atoms with Gasteiger partial charge in [0, 0.05) is 38.1 Å². The number of ether oxygens (including phenoxy) is 1. The number of rotatable bonds is 5. The number of piperidine rings is 1. The minimum Gasteiger partial charge on any atom is -0.497 e. The number of aliphatic imine (C=N–C) groups is 1. The van der Waals surface area contributed by atoms with Crippen LogP contribution in [0.5, 0.6) is 5.75 Å². The van der Waals surface area contributed by atoms with E-state index in [1.807, 2.05) is 47.6 Å². The number of hydrogen-bond acceptors (Lipinski definition) is 5. The zero-order valence-corrected chi connectivity index (χ0v) is 19.4. The molecule has 2 amide bonds. The Morgan fingerprint density at radius 3 is 2.70 bits per heavy atom. The molecule has 1 N–H and O–H groups in total.